The fraction of sp³-hybridized carbons (Fsp3) is 0.647. The van der Waals surface area contributed by atoms with Gasteiger partial charge in [0.25, 0.3) is 5.91 Å². The standard InChI is InChI=1S/C17H24ClN3O3/c18-14-10-13(17(23)21-5-8-24-9-6-21)11-19-16(14)20-15-3-1-2-12(15)4-7-22/h10-12,15,22H,1-9H2,(H,19,20). The lowest BCUT2D eigenvalue weighted by Crippen LogP contribution is -2.40. The van der Waals surface area contributed by atoms with Gasteiger partial charge in [0, 0.05) is 31.9 Å². The average molecular weight is 354 g/mol. The van der Waals surface area contributed by atoms with Crippen molar-refractivity contribution in [2.45, 2.75) is 31.7 Å². The molecule has 2 atom stereocenters. The number of aliphatic hydroxyl groups is 1. The summed E-state index contributed by atoms with van der Waals surface area (Å²) in [5.74, 6) is 1.01. The van der Waals surface area contributed by atoms with Crippen LogP contribution in [0.25, 0.3) is 0 Å². The summed E-state index contributed by atoms with van der Waals surface area (Å²) in [5.41, 5.74) is 0.505. The minimum Gasteiger partial charge on any atom is -0.396 e. The van der Waals surface area contributed by atoms with E-state index < -0.39 is 0 Å². The predicted molar refractivity (Wildman–Crippen MR) is 92.4 cm³/mol. The number of nitrogens with zero attached hydrogens (tertiary/aromatic N) is 2. The normalized spacial score (nSPS) is 24.2. The third kappa shape index (κ3) is 3.99. The van der Waals surface area contributed by atoms with E-state index in [4.69, 9.17) is 21.4 Å². The smallest absolute Gasteiger partial charge is 0.255 e. The quantitative estimate of drug-likeness (QED) is 0.848. The van der Waals surface area contributed by atoms with Crippen molar-refractivity contribution in [3.05, 3.63) is 22.8 Å². The molecular weight excluding hydrogens is 330 g/mol. The van der Waals surface area contributed by atoms with E-state index in [2.05, 4.69) is 10.3 Å². The summed E-state index contributed by atoms with van der Waals surface area (Å²) in [7, 11) is 0. The van der Waals surface area contributed by atoms with Crippen LogP contribution in [0.4, 0.5) is 5.82 Å². The first kappa shape index (κ1) is 17.5. The van der Waals surface area contributed by atoms with Gasteiger partial charge in [0.15, 0.2) is 0 Å². The van der Waals surface area contributed by atoms with Gasteiger partial charge < -0.3 is 20.1 Å². The maximum Gasteiger partial charge on any atom is 0.255 e. The molecule has 0 spiro atoms. The van der Waals surface area contributed by atoms with Crippen molar-refractivity contribution in [2.75, 3.05) is 38.2 Å². The molecule has 1 aliphatic carbocycles. The second-order valence-electron chi connectivity index (χ2n) is 6.41. The van der Waals surface area contributed by atoms with Crippen LogP contribution in [0.3, 0.4) is 0 Å². The van der Waals surface area contributed by atoms with E-state index in [1.807, 2.05) is 0 Å². The molecular formula is C17H24ClN3O3. The average Bonchev–Trinajstić information content (AvgIpc) is 3.04. The van der Waals surface area contributed by atoms with Gasteiger partial charge in [0.2, 0.25) is 0 Å². The van der Waals surface area contributed by atoms with Gasteiger partial charge in [-0.2, -0.15) is 0 Å². The number of nitrogens with one attached hydrogen (secondary N) is 1. The Bertz CT molecular complexity index is 578. The first-order valence-corrected chi connectivity index (χ1v) is 8.97. The van der Waals surface area contributed by atoms with Crippen LogP contribution in [0.5, 0.6) is 0 Å². The summed E-state index contributed by atoms with van der Waals surface area (Å²) in [6, 6.07) is 1.97. The Hall–Kier alpha value is -1.37. The molecule has 1 saturated heterocycles. The SMILES string of the molecule is O=C(c1cnc(NC2CCCC2CCO)c(Cl)c1)N1CCOCC1. The van der Waals surface area contributed by atoms with Crippen LogP contribution < -0.4 is 5.32 Å². The van der Waals surface area contributed by atoms with Crippen LogP contribution in [-0.4, -0.2) is 59.8 Å². The van der Waals surface area contributed by atoms with Gasteiger partial charge in [-0.3, -0.25) is 4.79 Å². The number of hydrogen-bond donors (Lipinski definition) is 2. The van der Waals surface area contributed by atoms with Gasteiger partial charge in [0.05, 0.1) is 23.8 Å². The predicted octanol–water partition coefficient (Wildman–Crippen LogP) is 2.17. The number of carbonyl (C=O) groups is 1. The highest BCUT2D eigenvalue weighted by Crippen LogP contribution is 2.32. The van der Waals surface area contributed by atoms with E-state index in [1.54, 1.807) is 17.2 Å². The van der Waals surface area contributed by atoms with E-state index >= 15 is 0 Å². The molecule has 3 rings (SSSR count). The molecule has 1 amide bonds. The van der Waals surface area contributed by atoms with Crippen molar-refractivity contribution >= 4 is 23.3 Å². The van der Waals surface area contributed by atoms with Gasteiger partial charge in [-0.25, -0.2) is 4.98 Å². The summed E-state index contributed by atoms with van der Waals surface area (Å²) in [6.07, 6.45) is 5.69. The largest absolute Gasteiger partial charge is 0.396 e. The maximum absolute atomic E-state index is 12.5. The summed E-state index contributed by atoms with van der Waals surface area (Å²) >= 11 is 6.35. The van der Waals surface area contributed by atoms with Crippen LogP contribution >= 0.6 is 11.6 Å². The molecule has 2 fully saturated rings. The number of rotatable bonds is 5. The molecule has 0 radical (unpaired) electrons. The topological polar surface area (TPSA) is 74.7 Å². The van der Waals surface area contributed by atoms with E-state index in [1.165, 1.54) is 0 Å². The number of halogens is 1. The summed E-state index contributed by atoms with van der Waals surface area (Å²) in [6.45, 7) is 2.54. The first-order valence-electron chi connectivity index (χ1n) is 8.59. The Balaban J connectivity index is 1.67. The molecule has 2 heterocycles. The zero-order valence-corrected chi connectivity index (χ0v) is 14.5. The fourth-order valence-corrected chi connectivity index (χ4v) is 3.74. The minimum atomic E-state index is -0.0572. The van der Waals surface area contributed by atoms with E-state index in [0.29, 0.717) is 48.6 Å². The Labute approximate surface area is 147 Å². The second kappa shape index (κ2) is 8.14. The molecule has 1 aromatic rings. The van der Waals surface area contributed by atoms with Crippen LogP contribution in [0.2, 0.25) is 5.02 Å². The molecule has 6 nitrogen and oxygen atoms in total. The van der Waals surface area contributed by atoms with E-state index in [0.717, 1.165) is 25.7 Å². The molecule has 2 N–H and O–H groups in total. The van der Waals surface area contributed by atoms with E-state index in [-0.39, 0.29) is 18.6 Å². The maximum atomic E-state index is 12.5. The van der Waals surface area contributed by atoms with Gasteiger partial charge in [0.1, 0.15) is 5.82 Å². The number of carbonyl (C=O) groups excluding carboxylic acids is 1. The van der Waals surface area contributed by atoms with Gasteiger partial charge >= 0.3 is 0 Å². The molecule has 132 valence electrons. The third-order valence-electron chi connectivity index (χ3n) is 4.87. The molecule has 2 aliphatic rings. The van der Waals surface area contributed by atoms with Crippen molar-refractivity contribution in [2.24, 2.45) is 5.92 Å². The van der Waals surface area contributed by atoms with Crippen LogP contribution in [0, 0.1) is 5.92 Å². The van der Waals surface area contributed by atoms with Crippen LogP contribution in [0.1, 0.15) is 36.0 Å². The van der Waals surface area contributed by atoms with Gasteiger partial charge in [-0.15, -0.1) is 0 Å². The highest BCUT2D eigenvalue weighted by molar-refractivity contribution is 6.33. The second-order valence-corrected chi connectivity index (χ2v) is 6.82. The lowest BCUT2D eigenvalue weighted by atomic mass is 10.00. The number of aliphatic hydroxyl groups excluding tert-OH is 1. The first-order chi connectivity index (χ1) is 11.7. The molecule has 0 bridgehead atoms. The van der Waals surface area contributed by atoms with Crippen molar-refractivity contribution in [1.82, 2.24) is 9.88 Å². The van der Waals surface area contributed by atoms with Crippen molar-refractivity contribution in [1.29, 1.82) is 0 Å². The molecule has 0 aromatic carbocycles. The molecule has 1 saturated carbocycles. The number of aromatic nitrogens is 1. The third-order valence-corrected chi connectivity index (χ3v) is 5.16. The number of amides is 1. The number of morpholine rings is 1. The zero-order valence-electron chi connectivity index (χ0n) is 13.7. The highest BCUT2D eigenvalue weighted by Gasteiger charge is 2.27. The molecule has 1 aliphatic heterocycles. The molecule has 24 heavy (non-hydrogen) atoms. The Kier molecular flexibility index (Phi) is 5.92. The lowest BCUT2D eigenvalue weighted by Gasteiger charge is -2.27. The number of anilines is 1. The summed E-state index contributed by atoms with van der Waals surface area (Å²) < 4.78 is 5.27. The monoisotopic (exact) mass is 353 g/mol. The number of ether oxygens (including phenoxy) is 1. The Morgan fingerprint density at radius 1 is 1.42 bits per heavy atom. The summed E-state index contributed by atoms with van der Waals surface area (Å²) in [4.78, 5) is 18.6. The minimum absolute atomic E-state index is 0.0572. The summed E-state index contributed by atoms with van der Waals surface area (Å²) in [5, 5.41) is 13.0. The molecule has 7 heteroatoms. The number of pyridine rings is 1. The molecule has 2 unspecified atom stereocenters. The number of hydrogen-bond acceptors (Lipinski definition) is 5. The van der Waals surface area contributed by atoms with Crippen LogP contribution in [0.15, 0.2) is 12.3 Å². The zero-order chi connectivity index (χ0) is 16.9. The Morgan fingerprint density at radius 2 is 2.21 bits per heavy atom. The van der Waals surface area contributed by atoms with E-state index in [9.17, 15) is 4.79 Å². The van der Waals surface area contributed by atoms with Crippen LogP contribution in [-0.2, 0) is 4.74 Å². The van der Waals surface area contributed by atoms with Gasteiger partial charge in [-0.05, 0) is 31.2 Å². The van der Waals surface area contributed by atoms with Crippen molar-refractivity contribution in [3.8, 4) is 0 Å². The van der Waals surface area contributed by atoms with Gasteiger partial charge in [-0.1, -0.05) is 18.0 Å². The highest BCUT2D eigenvalue weighted by atomic mass is 35.5. The molecule has 1 aromatic heterocycles. The van der Waals surface area contributed by atoms with Crippen molar-refractivity contribution in [3.63, 3.8) is 0 Å². The fourth-order valence-electron chi connectivity index (χ4n) is 3.52. The van der Waals surface area contributed by atoms with Crippen molar-refractivity contribution < 1.29 is 14.6 Å². The Morgan fingerprint density at radius 3 is 2.92 bits per heavy atom. The lowest BCUT2D eigenvalue weighted by molar-refractivity contribution is 0.0302.